The number of benzene rings is 2. The molecular formula is C42H49ClF4N6O2Si. The van der Waals surface area contributed by atoms with Gasteiger partial charge in [-0.25, -0.2) is 22.5 Å². The Morgan fingerprint density at radius 3 is 2.55 bits per heavy atom. The zero-order valence-electron chi connectivity index (χ0n) is 34.5. The number of aromatic nitrogens is 3. The molecule has 2 aromatic heterocycles. The number of pyridine rings is 1. The molecule has 4 aliphatic rings. The fourth-order valence-corrected chi connectivity index (χ4v) is 15.5. The first-order valence-electron chi connectivity index (χ1n) is 20.6. The highest BCUT2D eigenvalue weighted by molar-refractivity contribution is 6.90. The highest BCUT2D eigenvalue weighted by Gasteiger charge is 2.57. The monoisotopic (exact) mass is 810 g/mol. The quantitative estimate of drug-likeness (QED) is 0.0621. The molecule has 1 saturated carbocycles. The van der Waals surface area contributed by atoms with E-state index < -0.39 is 62.1 Å². The number of anilines is 2. The van der Waals surface area contributed by atoms with Crippen LogP contribution in [-0.4, -0.2) is 91.3 Å². The van der Waals surface area contributed by atoms with E-state index in [1.54, 1.807) is 21.9 Å². The van der Waals surface area contributed by atoms with Crippen molar-refractivity contribution in [2.24, 2.45) is 5.92 Å². The van der Waals surface area contributed by atoms with Crippen molar-refractivity contribution < 1.29 is 29.8 Å². The molecule has 8 rings (SSSR count). The van der Waals surface area contributed by atoms with Crippen LogP contribution in [0.1, 0.15) is 69.1 Å². The van der Waals surface area contributed by atoms with E-state index >= 15 is 13.2 Å². The molecule has 4 fully saturated rings. The number of hydrogen-bond donors (Lipinski definition) is 1. The third kappa shape index (κ3) is 6.39. The van der Waals surface area contributed by atoms with Crippen molar-refractivity contribution in [1.29, 1.82) is 0 Å². The van der Waals surface area contributed by atoms with Gasteiger partial charge in [0.15, 0.2) is 5.82 Å². The summed E-state index contributed by atoms with van der Waals surface area (Å²) in [6, 6.07) is 4.83. The summed E-state index contributed by atoms with van der Waals surface area (Å²) < 4.78 is 93.9. The second-order valence-electron chi connectivity index (χ2n) is 16.8. The van der Waals surface area contributed by atoms with Crippen LogP contribution >= 0.6 is 11.6 Å². The minimum Gasteiger partial charge on any atom is -0.461 e. The Hall–Kier alpha value is -3.70. The van der Waals surface area contributed by atoms with E-state index in [1.807, 2.05) is 0 Å². The first-order chi connectivity index (χ1) is 27.4. The maximum absolute atomic E-state index is 17.6. The number of ether oxygens (including phenoxy) is 2. The van der Waals surface area contributed by atoms with Crippen molar-refractivity contribution in [3.05, 3.63) is 46.6 Å². The minimum absolute atomic E-state index is 0.00218. The molecule has 0 amide bonds. The molecule has 14 heteroatoms. The Bertz CT molecular complexity index is 2340. The molecular weight excluding hydrogens is 760 g/mol. The second kappa shape index (κ2) is 14.6. The van der Waals surface area contributed by atoms with Gasteiger partial charge in [0.25, 0.3) is 0 Å². The Balaban J connectivity index is 1.36. The molecule has 3 aliphatic heterocycles. The summed E-state index contributed by atoms with van der Waals surface area (Å²) in [6.07, 6.45) is -1.63. The number of nitrogens with zero attached hydrogens (tertiary/aromatic N) is 5. The van der Waals surface area contributed by atoms with Crippen molar-refractivity contribution in [2.75, 3.05) is 50.0 Å². The van der Waals surface area contributed by atoms with Crippen molar-refractivity contribution in [3.8, 4) is 28.7 Å². The van der Waals surface area contributed by atoms with E-state index in [1.165, 1.54) is 12.1 Å². The summed E-state index contributed by atoms with van der Waals surface area (Å²) in [5, 5.41) is 0.529. The third-order valence-electron chi connectivity index (χ3n) is 12.7. The Morgan fingerprint density at radius 1 is 1.07 bits per heavy atom. The second-order valence-corrected chi connectivity index (χ2v) is 22.7. The number of alkyl halides is 2. The van der Waals surface area contributed by atoms with Crippen LogP contribution in [0, 0.1) is 29.0 Å². The van der Waals surface area contributed by atoms with Gasteiger partial charge in [0.05, 0.1) is 38.5 Å². The fraction of sp³-hybridized carbons (Fsp3) is 0.548. The van der Waals surface area contributed by atoms with Gasteiger partial charge >= 0.3 is 6.01 Å². The summed E-state index contributed by atoms with van der Waals surface area (Å²) >= 11 is 7.01. The Morgan fingerprint density at radius 2 is 1.82 bits per heavy atom. The van der Waals surface area contributed by atoms with E-state index in [0.717, 1.165) is 0 Å². The lowest BCUT2D eigenvalue weighted by Gasteiger charge is -2.38. The molecule has 4 aromatic rings. The molecule has 56 heavy (non-hydrogen) atoms. The summed E-state index contributed by atoms with van der Waals surface area (Å²) in [7, 11) is -2.36. The van der Waals surface area contributed by atoms with Crippen LogP contribution in [0.4, 0.5) is 29.1 Å². The highest BCUT2D eigenvalue weighted by atomic mass is 35.5. The molecule has 0 unspecified atom stereocenters. The lowest BCUT2D eigenvalue weighted by Crippen LogP contribution is -2.43. The van der Waals surface area contributed by atoms with Crippen molar-refractivity contribution in [1.82, 2.24) is 19.9 Å². The maximum Gasteiger partial charge on any atom is 0.319 e. The lowest BCUT2D eigenvalue weighted by atomic mass is 9.95. The standard InChI is InChI=1S/C42H49ClF4N6O2Si/c1-22(2)56(23(3)4,24(5)6)15-10-28-31(45)9-8-25-16-27(48)17-29(32(25)28)36-35(47)37-33(39(43)49-36)40(53-13-14-54-20-30-34(46)38(30)53)51-41(50-37)55-21-42-11-7-12-52(42)19-26(44)18-42/h8-9,16-17,22-24,26,30,34,38H,7,11-14,18-21,48H2,1-6H3/t26-,30+,34+,38+,42+/m1/s1/i21D2. The van der Waals surface area contributed by atoms with Gasteiger partial charge in [0.2, 0.25) is 0 Å². The van der Waals surface area contributed by atoms with Crippen LogP contribution in [-0.2, 0) is 4.74 Å². The number of hydrogen-bond acceptors (Lipinski definition) is 8. The Kier molecular flexibility index (Phi) is 9.54. The van der Waals surface area contributed by atoms with Gasteiger partial charge in [-0.3, -0.25) is 4.90 Å². The predicted octanol–water partition coefficient (Wildman–Crippen LogP) is 9.06. The zero-order chi connectivity index (χ0) is 41.6. The number of nitrogens with two attached hydrogens (primary N) is 1. The van der Waals surface area contributed by atoms with Gasteiger partial charge in [-0.15, -0.1) is 5.54 Å². The summed E-state index contributed by atoms with van der Waals surface area (Å²) in [6.45, 7) is 11.6. The van der Waals surface area contributed by atoms with E-state index in [0.29, 0.717) is 24.8 Å². The van der Waals surface area contributed by atoms with E-state index in [2.05, 4.69) is 68.0 Å². The van der Waals surface area contributed by atoms with Gasteiger partial charge in [-0.2, -0.15) is 9.97 Å². The number of rotatable bonds is 8. The molecule has 0 bridgehead atoms. The summed E-state index contributed by atoms with van der Waals surface area (Å²) in [5.41, 5.74) is 9.28. The maximum atomic E-state index is 17.6. The molecule has 298 valence electrons. The average molecular weight is 811 g/mol. The van der Waals surface area contributed by atoms with E-state index in [4.69, 9.17) is 26.8 Å². The van der Waals surface area contributed by atoms with Crippen LogP contribution in [0.2, 0.25) is 21.8 Å². The van der Waals surface area contributed by atoms with Gasteiger partial charge in [0, 0.05) is 42.1 Å². The normalized spacial score (nSPS) is 26.0. The number of nitrogen functional groups attached to an aromatic ring is 1. The largest absolute Gasteiger partial charge is 0.461 e. The smallest absolute Gasteiger partial charge is 0.319 e. The van der Waals surface area contributed by atoms with Gasteiger partial charge in [-0.05, 0) is 59.6 Å². The van der Waals surface area contributed by atoms with Crippen molar-refractivity contribution in [2.45, 2.75) is 101 Å². The van der Waals surface area contributed by atoms with Crippen molar-refractivity contribution >= 4 is 52.9 Å². The van der Waals surface area contributed by atoms with Crippen LogP contribution < -0.4 is 15.4 Å². The highest BCUT2D eigenvalue weighted by Crippen LogP contribution is 2.47. The first kappa shape index (κ1) is 36.6. The van der Waals surface area contributed by atoms with E-state index in [-0.39, 0.29) is 99.1 Å². The van der Waals surface area contributed by atoms with Crippen molar-refractivity contribution in [3.63, 3.8) is 0 Å². The van der Waals surface area contributed by atoms with Crippen LogP contribution in [0.5, 0.6) is 6.01 Å². The molecule has 1 aliphatic carbocycles. The summed E-state index contributed by atoms with van der Waals surface area (Å²) in [4.78, 5) is 17.0. The molecule has 8 nitrogen and oxygen atoms in total. The van der Waals surface area contributed by atoms with Crippen LogP contribution in [0.15, 0.2) is 24.3 Å². The van der Waals surface area contributed by atoms with Gasteiger partial charge in [0.1, 0.15) is 55.0 Å². The molecule has 2 aromatic carbocycles. The Labute approximate surface area is 334 Å². The molecule has 3 saturated heterocycles. The van der Waals surface area contributed by atoms with Crippen LogP contribution in [0.3, 0.4) is 0 Å². The fourth-order valence-electron chi connectivity index (χ4n) is 9.99. The van der Waals surface area contributed by atoms with E-state index in [9.17, 15) is 7.13 Å². The molecule has 5 atom stereocenters. The topological polar surface area (TPSA) is 89.6 Å². The minimum atomic E-state index is -2.51. The lowest BCUT2D eigenvalue weighted by molar-refractivity contribution is 0.107. The molecule has 0 spiro atoms. The summed E-state index contributed by atoms with van der Waals surface area (Å²) in [5.74, 6) is 1.19. The molecule has 2 N–H and O–H groups in total. The average Bonchev–Trinajstić information content (AvgIpc) is 3.51. The number of fused-ring (bicyclic) bond motifs is 4. The van der Waals surface area contributed by atoms with Gasteiger partial charge in [-0.1, -0.05) is 65.1 Å². The molecule has 5 heterocycles. The van der Waals surface area contributed by atoms with Crippen LogP contribution in [0.25, 0.3) is 32.9 Å². The van der Waals surface area contributed by atoms with Gasteiger partial charge < -0.3 is 20.1 Å². The molecule has 0 radical (unpaired) electrons. The number of halogens is 5. The SMILES string of the molecule is [2H]C([2H])(Oc1nc(N2CCOC[C@H]3[C@H](F)[C@H]32)c2c(Cl)nc(-c3cc(N)cc4ccc(F)c(C#C[Si](C(C)C)(C(C)C)C(C)C)c34)c(F)c2n1)[C@@]12CCCN1C[C@H](F)C2. The zero-order valence-corrected chi connectivity index (χ0v) is 34.3. The predicted molar refractivity (Wildman–Crippen MR) is 216 cm³/mol. The first-order valence-corrected chi connectivity index (χ1v) is 22.2. The third-order valence-corrected chi connectivity index (χ3v) is 19.3.